The van der Waals surface area contributed by atoms with Crippen molar-refractivity contribution < 1.29 is 29.0 Å². The molecule has 1 aliphatic heterocycles. The van der Waals surface area contributed by atoms with Crippen molar-refractivity contribution in [2.45, 2.75) is 181 Å². The fourth-order valence-electron chi connectivity index (χ4n) is 5.84. The van der Waals surface area contributed by atoms with Crippen molar-refractivity contribution in [2.24, 2.45) is 11.3 Å². The summed E-state index contributed by atoms with van der Waals surface area (Å²) in [7, 11) is 0. The van der Waals surface area contributed by atoms with E-state index >= 15 is 0 Å². The minimum atomic E-state index is -0.971. The summed E-state index contributed by atoms with van der Waals surface area (Å²) >= 11 is 0. The summed E-state index contributed by atoms with van der Waals surface area (Å²) in [6, 6.07) is -0.537. The molecule has 3 unspecified atom stereocenters. The summed E-state index contributed by atoms with van der Waals surface area (Å²) in [5, 5.41) is 15.3. The normalized spacial score (nSPS) is 19.0. The summed E-state index contributed by atoms with van der Waals surface area (Å²) in [6.45, 7) is 12.5. The maximum absolute atomic E-state index is 13.1. The number of hydrogen-bond donors (Lipinski definition) is 3. The lowest BCUT2D eigenvalue weighted by molar-refractivity contribution is -0.304. The molecule has 0 spiro atoms. The maximum atomic E-state index is 13.1. The van der Waals surface area contributed by atoms with Gasteiger partial charge >= 0.3 is 5.97 Å². The van der Waals surface area contributed by atoms with Crippen molar-refractivity contribution in [3.8, 4) is 0 Å². The van der Waals surface area contributed by atoms with Crippen molar-refractivity contribution in [2.75, 3.05) is 13.2 Å². The molecule has 1 fully saturated rings. The summed E-state index contributed by atoms with van der Waals surface area (Å²) in [4.78, 5) is 37.3. The Hall–Kier alpha value is -1.67. The number of carbonyl (C=O) groups excluding carboxylic acids is 2. The molecule has 0 aliphatic carbocycles. The van der Waals surface area contributed by atoms with Crippen LogP contribution in [0.2, 0.25) is 0 Å². The van der Waals surface area contributed by atoms with Crippen LogP contribution in [0.4, 0.5) is 0 Å². The van der Waals surface area contributed by atoms with Gasteiger partial charge in [0.15, 0.2) is 5.79 Å². The van der Waals surface area contributed by atoms with E-state index < -0.39 is 29.3 Å². The first kappa shape index (κ1) is 39.4. The van der Waals surface area contributed by atoms with E-state index in [1.165, 1.54) is 83.5 Å². The molecular weight excluding hydrogens is 544 g/mol. The van der Waals surface area contributed by atoms with E-state index in [2.05, 4.69) is 24.5 Å². The molecule has 0 aromatic heterocycles. The van der Waals surface area contributed by atoms with Gasteiger partial charge in [0, 0.05) is 23.9 Å². The Morgan fingerprint density at radius 3 is 1.84 bits per heavy atom. The molecule has 0 bridgehead atoms. The average molecular weight is 611 g/mol. The summed E-state index contributed by atoms with van der Waals surface area (Å²) in [5.74, 6) is -2.08. The first-order valence-corrected chi connectivity index (χ1v) is 17.5. The number of aliphatic carboxylic acids is 1. The number of ether oxygens (including phenoxy) is 2. The van der Waals surface area contributed by atoms with E-state index in [9.17, 15) is 19.5 Å². The number of unbranched alkanes of at least 4 members (excludes halogenated alkanes) is 13. The van der Waals surface area contributed by atoms with Crippen LogP contribution in [0.15, 0.2) is 0 Å². The first-order valence-electron chi connectivity index (χ1n) is 17.5. The molecule has 0 aromatic carbocycles. The molecule has 0 radical (unpaired) electrons. The molecule has 3 atom stereocenters. The summed E-state index contributed by atoms with van der Waals surface area (Å²) in [5.41, 5.74) is -0.538. The highest BCUT2D eigenvalue weighted by Gasteiger charge is 2.46. The van der Waals surface area contributed by atoms with Gasteiger partial charge in [-0.1, -0.05) is 118 Å². The van der Waals surface area contributed by atoms with Crippen LogP contribution in [-0.2, 0) is 23.9 Å². The van der Waals surface area contributed by atoms with Crippen LogP contribution in [0.5, 0.6) is 0 Å². The molecule has 1 rings (SSSR count). The predicted molar refractivity (Wildman–Crippen MR) is 174 cm³/mol. The van der Waals surface area contributed by atoms with E-state index in [0.29, 0.717) is 26.0 Å². The van der Waals surface area contributed by atoms with E-state index in [1.807, 2.05) is 13.8 Å². The van der Waals surface area contributed by atoms with Gasteiger partial charge in [-0.05, 0) is 39.5 Å². The monoisotopic (exact) mass is 610 g/mol. The SMILES string of the molecule is CCCCCCCCCCCCCCCCC(CC)C(=O)NCCCC(CC(=O)O)NC(=O)C1OC(C)(C)OCC1(C)C. The van der Waals surface area contributed by atoms with Gasteiger partial charge in [-0.15, -0.1) is 0 Å². The van der Waals surface area contributed by atoms with Crippen LogP contribution < -0.4 is 10.6 Å². The van der Waals surface area contributed by atoms with Crippen LogP contribution in [0, 0.1) is 11.3 Å². The number of amides is 2. The van der Waals surface area contributed by atoms with Crippen molar-refractivity contribution in [3.63, 3.8) is 0 Å². The molecule has 252 valence electrons. The van der Waals surface area contributed by atoms with Crippen LogP contribution >= 0.6 is 0 Å². The lowest BCUT2D eigenvalue weighted by atomic mass is 9.85. The van der Waals surface area contributed by atoms with Gasteiger partial charge in [-0.2, -0.15) is 0 Å². The quantitative estimate of drug-likeness (QED) is 0.0905. The van der Waals surface area contributed by atoms with Gasteiger partial charge < -0.3 is 25.2 Å². The van der Waals surface area contributed by atoms with E-state index in [-0.39, 0.29) is 24.2 Å². The van der Waals surface area contributed by atoms with E-state index in [0.717, 1.165) is 19.3 Å². The lowest BCUT2D eigenvalue weighted by Crippen LogP contribution is -2.57. The van der Waals surface area contributed by atoms with Crippen molar-refractivity contribution >= 4 is 17.8 Å². The molecule has 1 heterocycles. The van der Waals surface area contributed by atoms with Gasteiger partial charge in [0.1, 0.15) is 6.10 Å². The van der Waals surface area contributed by atoms with Crippen LogP contribution in [0.25, 0.3) is 0 Å². The van der Waals surface area contributed by atoms with Gasteiger partial charge in [0.25, 0.3) is 0 Å². The third-order valence-corrected chi connectivity index (χ3v) is 8.71. The fraction of sp³-hybridized carbons (Fsp3) is 0.914. The maximum Gasteiger partial charge on any atom is 0.305 e. The minimum Gasteiger partial charge on any atom is -0.481 e. The highest BCUT2D eigenvalue weighted by Crippen LogP contribution is 2.35. The van der Waals surface area contributed by atoms with E-state index in [1.54, 1.807) is 13.8 Å². The van der Waals surface area contributed by atoms with E-state index in [4.69, 9.17) is 9.47 Å². The lowest BCUT2D eigenvalue weighted by Gasteiger charge is -2.45. The third-order valence-electron chi connectivity index (χ3n) is 8.71. The van der Waals surface area contributed by atoms with Crippen molar-refractivity contribution in [3.05, 3.63) is 0 Å². The minimum absolute atomic E-state index is 0.0168. The molecule has 0 aromatic rings. The van der Waals surface area contributed by atoms with Gasteiger partial charge in [0.05, 0.1) is 13.0 Å². The summed E-state index contributed by atoms with van der Waals surface area (Å²) in [6.07, 6.45) is 20.4. The summed E-state index contributed by atoms with van der Waals surface area (Å²) < 4.78 is 11.6. The highest BCUT2D eigenvalue weighted by atomic mass is 16.7. The van der Waals surface area contributed by atoms with Crippen LogP contribution in [-0.4, -0.2) is 54.0 Å². The molecule has 2 amide bonds. The Morgan fingerprint density at radius 2 is 1.33 bits per heavy atom. The Morgan fingerprint density at radius 1 is 0.791 bits per heavy atom. The number of rotatable bonds is 25. The number of carboxylic acid groups (broad SMARTS) is 1. The largest absolute Gasteiger partial charge is 0.481 e. The zero-order chi connectivity index (χ0) is 32.1. The van der Waals surface area contributed by atoms with Gasteiger partial charge in [0.2, 0.25) is 11.8 Å². The molecule has 8 heteroatoms. The first-order chi connectivity index (χ1) is 20.4. The molecule has 1 saturated heterocycles. The van der Waals surface area contributed by atoms with Crippen molar-refractivity contribution in [1.82, 2.24) is 10.6 Å². The topological polar surface area (TPSA) is 114 Å². The standard InChI is InChI=1S/C35H66N2O6/c1-7-9-10-11-12-13-14-15-16-17-18-19-20-21-23-28(8-2)32(40)36-25-22-24-29(26-30(38)39)37-33(41)31-34(3,4)27-42-35(5,6)43-31/h28-29,31H,7-27H2,1-6H3,(H,36,40)(H,37,41)(H,38,39). The molecule has 8 nitrogen and oxygen atoms in total. The number of carbonyl (C=O) groups is 3. The zero-order valence-electron chi connectivity index (χ0n) is 28.6. The number of hydrogen-bond acceptors (Lipinski definition) is 5. The molecule has 43 heavy (non-hydrogen) atoms. The second kappa shape index (κ2) is 21.9. The number of carboxylic acids is 1. The van der Waals surface area contributed by atoms with Crippen molar-refractivity contribution in [1.29, 1.82) is 0 Å². The molecular formula is C35H66N2O6. The van der Waals surface area contributed by atoms with Gasteiger partial charge in [-0.25, -0.2) is 0 Å². The number of nitrogens with one attached hydrogen (secondary N) is 2. The Kier molecular flexibility index (Phi) is 20.1. The average Bonchev–Trinajstić information content (AvgIpc) is 2.94. The zero-order valence-corrected chi connectivity index (χ0v) is 28.6. The second-order valence-corrected chi connectivity index (χ2v) is 13.9. The predicted octanol–water partition coefficient (Wildman–Crippen LogP) is 7.92. The fourth-order valence-corrected chi connectivity index (χ4v) is 5.84. The smallest absolute Gasteiger partial charge is 0.305 e. The van der Waals surface area contributed by atoms with Crippen LogP contribution in [0.3, 0.4) is 0 Å². The van der Waals surface area contributed by atoms with Crippen LogP contribution in [0.1, 0.15) is 164 Å². The molecule has 1 aliphatic rings. The molecule has 3 N–H and O–H groups in total. The Bertz CT molecular complexity index is 784. The highest BCUT2D eigenvalue weighted by molar-refractivity contribution is 5.82. The Balaban J connectivity index is 2.25. The Labute approximate surface area is 263 Å². The van der Waals surface area contributed by atoms with Gasteiger partial charge in [-0.3, -0.25) is 14.4 Å². The second-order valence-electron chi connectivity index (χ2n) is 13.9. The third kappa shape index (κ3) is 18.0. The molecule has 0 saturated carbocycles.